The zero-order valence-corrected chi connectivity index (χ0v) is 17.4. The highest BCUT2D eigenvalue weighted by Gasteiger charge is 2.17. The summed E-state index contributed by atoms with van der Waals surface area (Å²) in [5.74, 6) is 0.535. The van der Waals surface area contributed by atoms with Crippen LogP contribution in [-0.4, -0.2) is 51.4 Å². The number of benzene rings is 1. The van der Waals surface area contributed by atoms with Crippen LogP contribution in [0, 0.1) is 0 Å². The highest BCUT2D eigenvalue weighted by atomic mass is 79.9. The van der Waals surface area contributed by atoms with Gasteiger partial charge in [0.15, 0.2) is 11.5 Å². The van der Waals surface area contributed by atoms with Crippen molar-refractivity contribution in [1.29, 1.82) is 0 Å². The fourth-order valence-electron chi connectivity index (χ4n) is 2.71. The van der Waals surface area contributed by atoms with E-state index in [0.29, 0.717) is 21.8 Å². The summed E-state index contributed by atoms with van der Waals surface area (Å²) in [6, 6.07) is 6.48. The van der Waals surface area contributed by atoms with Gasteiger partial charge >= 0.3 is 0 Å². The van der Waals surface area contributed by atoms with E-state index in [1.165, 1.54) is 18.4 Å². The molecule has 0 bridgehead atoms. The molecule has 0 aliphatic carbocycles. The third-order valence-corrected chi connectivity index (χ3v) is 6.36. The van der Waals surface area contributed by atoms with Crippen LogP contribution in [0.1, 0.15) is 0 Å². The lowest BCUT2D eigenvalue weighted by atomic mass is 10.3. The van der Waals surface area contributed by atoms with Crippen molar-refractivity contribution < 1.29 is 8.42 Å². The molecule has 0 aliphatic rings. The van der Waals surface area contributed by atoms with Gasteiger partial charge in [-0.25, -0.2) is 22.7 Å². The third-order valence-electron chi connectivity index (χ3n) is 4.15. The van der Waals surface area contributed by atoms with E-state index in [4.69, 9.17) is 0 Å². The molecule has 0 amide bonds. The molecule has 3 aromatic heterocycles. The lowest BCUT2D eigenvalue weighted by Crippen LogP contribution is -2.22. The lowest BCUT2D eigenvalue weighted by Gasteiger charge is -2.12. The number of hydrogen-bond donors (Lipinski definition) is 2. The smallest absolute Gasteiger partial charge is 0.242 e. The first kappa shape index (κ1) is 18.6. The molecule has 0 radical (unpaired) electrons. The first-order chi connectivity index (χ1) is 13.4. The molecule has 2 N–H and O–H groups in total. The van der Waals surface area contributed by atoms with Crippen molar-refractivity contribution >= 4 is 43.1 Å². The Kier molecular flexibility index (Phi) is 4.65. The minimum absolute atomic E-state index is 0.221. The number of imidazole rings is 1. The van der Waals surface area contributed by atoms with Crippen LogP contribution in [0.25, 0.3) is 16.9 Å². The fraction of sp³-hybridized carbons (Fsp3) is 0.118. The standard InChI is InChI=1S/C17H16BrN7O2S/c1-24(2)28(26,27)13-5-3-12(4-6-13)22-16-17-19-9-14(11-7-20-21-8-11)25(17)10-15(18)23-16/h3-10H,1-2H3,(H,20,21)(H,22,23). The van der Waals surface area contributed by atoms with Gasteiger partial charge in [0.25, 0.3) is 0 Å². The minimum atomic E-state index is -3.47. The van der Waals surface area contributed by atoms with Crippen LogP contribution in [0.4, 0.5) is 11.5 Å². The number of sulfonamides is 1. The SMILES string of the molecule is CN(C)S(=O)(=O)c1ccc(Nc2nc(Br)cn3c(-c4cn[nH]c4)cnc23)cc1. The molecule has 0 unspecified atom stereocenters. The zero-order chi connectivity index (χ0) is 19.9. The number of aromatic amines is 1. The number of hydrogen-bond acceptors (Lipinski definition) is 6. The van der Waals surface area contributed by atoms with Gasteiger partial charge in [0.1, 0.15) is 4.60 Å². The number of anilines is 2. The maximum absolute atomic E-state index is 12.2. The van der Waals surface area contributed by atoms with Crippen LogP contribution in [0.3, 0.4) is 0 Å². The van der Waals surface area contributed by atoms with Crippen LogP contribution in [0.15, 0.2) is 58.6 Å². The summed E-state index contributed by atoms with van der Waals surface area (Å²) in [4.78, 5) is 9.15. The zero-order valence-electron chi connectivity index (χ0n) is 15.0. The average molecular weight is 462 g/mol. The summed E-state index contributed by atoms with van der Waals surface area (Å²) in [6.07, 6.45) is 7.07. The average Bonchev–Trinajstić information content (AvgIpc) is 3.31. The molecule has 9 nitrogen and oxygen atoms in total. The summed E-state index contributed by atoms with van der Waals surface area (Å²) in [5.41, 5.74) is 3.08. The van der Waals surface area contributed by atoms with Crippen molar-refractivity contribution in [3.63, 3.8) is 0 Å². The predicted molar refractivity (Wildman–Crippen MR) is 109 cm³/mol. The van der Waals surface area contributed by atoms with Gasteiger partial charge in [-0.2, -0.15) is 5.10 Å². The second-order valence-electron chi connectivity index (χ2n) is 6.17. The van der Waals surface area contributed by atoms with Crippen molar-refractivity contribution in [2.45, 2.75) is 4.90 Å². The molecule has 1 aromatic carbocycles. The minimum Gasteiger partial charge on any atom is -0.337 e. The van der Waals surface area contributed by atoms with Crippen LogP contribution < -0.4 is 5.32 Å². The first-order valence-electron chi connectivity index (χ1n) is 8.18. The molecule has 4 aromatic rings. The highest BCUT2D eigenvalue weighted by molar-refractivity contribution is 9.10. The lowest BCUT2D eigenvalue weighted by molar-refractivity contribution is 0.521. The monoisotopic (exact) mass is 461 g/mol. The Morgan fingerprint density at radius 1 is 1.18 bits per heavy atom. The van der Waals surface area contributed by atoms with E-state index in [9.17, 15) is 8.42 Å². The fourth-order valence-corrected chi connectivity index (χ4v) is 3.99. The van der Waals surface area contributed by atoms with Gasteiger partial charge in [0.05, 0.1) is 23.0 Å². The Morgan fingerprint density at radius 2 is 1.93 bits per heavy atom. The molecule has 11 heteroatoms. The van der Waals surface area contributed by atoms with Crippen molar-refractivity contribution in [1.82, 2.24) is 28.9 Å². The molecule has 0 atom stereocenters. The molecule has 0 saturated carbocycles. The molecule has 0 aliphatic heterocycles. The van der Waals surface area contributed by atoms with E-state index in [0.717, 1.165) is 11.3 Å². The maximum Gasteiger partial charge on any atom is 0.242 e. The summed E-state index contributed by atoms with van der Waals surface area (Å²) in [7, 11) is -0.473. The summed E-state index contributed by atoms with van der Waals surface area (Å²) in [6.45, 7) is 0. The number of H-pyrrole nitrogens is 1. The van der Waals surface area contributed by atoms with E-state index < -0.39 is 10.0 Å². The number of nitrogens with zero attached hydrogens (tertiary/aromatic N) is 5. The van der Waals surface area contributed by atoms with Gasteiger partial charge in [0.2, 0.25) is 10.0 Å². The molecule has 0 spiro atoms. The quantitative estimate of drug-likeness (QED) is 0.472. The van der Waals surface area contributed by atoms with Crippen LogP contribution in [0.5, 0.6) is 0 Å². The predicted octanol–water partition coefficient (Wildman–Crippen LogP) is 2.88. The molecule has 4 rings (SSSR count). The van der Waals surface area contributed by atoms with Crippen LogP contribution in [0.2, 0.25) is 0 Å². The van der Waals surface area contributed by atoms with Crippen molar-refractivity contribution in [3.8, 4) is 11.3 Å². The number of nitrogens with one attached hydrogen (secondary N) is 2. The summed E-state index contributed by atoms with van der Waals surface area (Å²) in [5, 5.41) is 9.96. The summed E-state index contributed by atoms with van der Waals surface area (Å²) >= 11 is 3.42. The third kappa shape index (κ3) is 3.28. The normalized spacial score (nSPS) is 12.0. The van der Waals surface area contributed by atoms with Gasteiger partial charge in [-0.3, -0.25) is 9.50 Å². The number of halogens is 1. The van der Waals surface area contributed by atoms with E-state index in [1.807, 2.05) is 10.6 Å². The molecule has 0 saturated heterocycles. The number of rotatable bonds is 5. The summed E-state index contributed by atoms with van der Waals surface area (Å²) < 4.78 is 28.1. The first-order valence-corrected chi connectivity index (χ1v) is 10.4. The van der Waals surface area contributed by atoms with Crippen molar-refractivity contribution in [2.24, 2.45) is 0 Å². The Bertz CT molecular complexity index is 1230. The maximum atomic E-state index is 12.2. The molecule has 28 heavy (non-hydrogen) atoms. The van der Waals surface area contributed by atoms with E-state index in [-0.39, 0.29) is 4.90 Å². The van der Waals surface area contributed by atoms with Gasteiger partial charge in [0, 0.05) is 37.7 Å². The number of aromatic nitrogens is 5. The molecule has 3 heterocycles. The van der Waals surface area contributed by atoms with E-state index >= 15 is 0 Å². The van der Waals surface area contributed by atoms with Crippen molar-refractivity contribution in [3.05, 3.63) is 53.7 Å². The Balaban J connectivity index is 1.71. The van der Waals surface area contributed by atoms with Gasteiger partial charge in [-0.15, -0.1) is 0 Å². The Hall–Kier alpha value is -2.76. The van der Waals surface area contributed by atoms with E-state index in [1.54, 1.807) is 42.9 Å². The van der Waals surface area contributed by atoms with E-state index in [2.05, 4.69) is 41.4 Å². The highest BCUT2D eigenvalue weighted by Crippen LogP contribution is 2.27. The van der Waals surface area contributed by atoms with Gasteiger partial charge in [-0.1, -0.05) is 0 Å². The Morgan fingerprint density at radius 3 is 2.57 bits per heavy atom. The second kappa shape index (κ2) is 7.00. The second-order valence-corrected chi connectivity index (χ2v) is 9.14. The Labute approximate surface area is 169 Å². The van der Waals surface area contributed by atoms with Gasteiger partial charge in [-0.05, 0) is 40.2 Å². The topological polar surface area (TPSA) is 108 Å². The van der Waals surface area contributed by atoms with Crippen LogP contribution >= 0.6 is 15.9 Å². The van der Waals surface area contributed by atoms with Gasteiger partial charge < -0.3 is 5.32 Å². The van der Waals surface area contributed by atoms with Crippen molar-refractivity contribution in [2.75, 3.05) is 19.4 Å². The number of fused-ring (bicyclic) bond motifs is 1. The molecular weight excluding hydrogens is 446 g/mol. The largest absolute Gasteiger partial charge is 0.337 e. The molecule has 0 fully saturated rings. The molecular formula is C17H16BrN7O2S. The molecule has 144 valence electrons. The van der Waals surface area contributed by atoms with Crippen LogP contribution in [-0.2, 0) is 10.0 Å².